The van der Waals surface area contributed by atoms with Crippen molar-refractivity contribution in [3.63, 3.8) is 0 Å². The molecule has 0 aliphatic heterocycles. The second-order valence-electron chi connectivity index (χ2n) is 5.29. The molecule has 0 atom stereocenters. The maximum absolute atomic E-state index is 5.79. The maximum atomic E-state index is 5.79. The number of hydrogen-bond donors (Lipinski definition) is 1. The van der Waals surface area contributed by atoms with Crippen LogP contribution in [0.4, 0.5) is 0 Å². The Bertz CT molecular complexity index is 497. The molecular weight excluding hydrogens is 236 g/mol. The van der Waals surface area contributed by atoms with Crippen LogP contribution in [0.1, 0.15) is 25.5 Å². The minimum atomic E-state index is 0.816. The average Bonchev–Trinajstić information content (AvgIpc) is 3.18. The molecule has 0 bridgehead atoms. The summed E-state index contributed by atoms with van der Waals surface area (Å²) in [6.45, 7) is 6.40. The summed E-state index contributed by atoms with van der Waals surface area (Å²) in [6.07, 6.45) is 2.77. The van der Waals surface area contributed by atoms with Gasteiger partial charge in [-0.2, -0.15) is 0 Å². The number of benzene rings is 1. The summed E-state index contributed by atoms with van der Waals surface area (Å²) in [6, 6.07) is 11.2. The number of hydrogen-bond acceptors (Lipinski definition) is 3. The fourth-order valence-electron chi connectivity index (χ4n) is 2.60. The van der Waals surface area contributed by atoms with E-state index < -0.39 is 0 Å². The second kappa shape index (κ2) is 5.76. The lowest BCUT2D eigenvalue weighted by Gasteiger charge is -2.19. The third kappa shape index (κ3) is 3.17. The second-order valence-corrected chi connectivity index (χ2v) is 5.29. The van der Waals surface area contributed by atoms with Crippen LogP contribution in [0.3, 0.4) is 0 Å². The van der Waals surface area contributed by atoms with Crippen molar-refractivity contribution in [1.29, 1.82) is 0 Å². The molecule has 1 fully saturated rings. The Morgan fingerprint density at radius 2 is 2.16 bits per heavy atom. The SMILES string of the molecule is CCN(CCNCc1cc2ccccc2o1)C1CC1. The number of rotatable bonds is 7. The molecule has 1 aromatic carbocycles. The van der Waals surface area contributed by atoms with Crippen LogP contribution in [0, 0.1) is 0 Å². The van der Waals surface area contributed by atoms with Crippen LogP contribution in [0.5, 0.6) is 0 Å². The van der Waals surface area contributed by atoms with Gasteiger partial charge in [-0.15, -0.1) is 0 Å². The summed E-state index contributed by atoms with van der Waals surface area (Å²) >= 11 is 0. The zero-order chi connectivity index (χ0) is 13.1. The summed E-state index contributed by atoms with van der Waals surface area (Å²) < 4.78 is 5.79. The van der Waals surface area contributed by atoms with Crippen molar-refractivity contribution >= 4 is 11.0 Å². The molecule has 0 spiro atoms. The first-order valence-corrected chi connectivity index (χ1v) is 7.29. The lowest BCUT2D eigenvalue weighted by molar-refractivity contribution is 0.276. The molecule has 102 valence electrons. The Kier molecular flexibility index (Phi) is 3.85. The summed E-state index contributed by atoms with van der Waals surface area (Å²) in [5.41, 5.74) is 0.979. The number of likely N-dealkylation sites (N-methyl/N-ethyl adjacent to an activating group) is 1. The quantitative estimate of drug-likeness (QED) is 0.774. The Labute approximate surface area is 114 Å². The van der Waals surface area contributed by atoms with Crippen LogP contribution < -0.4 is 5.32 Å². The normalized spacial score (nSPS) is 15.5. The average molecular weight is 258 g/mol. The zero-order valence-electron chi connectivity index (χ0n) is 11.6. The fraction of sp³-hybridized carbons (Fsp3) is 0.500. The predicted molar refractivity (Wildman–Crippen MR) is 78.2 cm³/mol. The van der Waals surface area contributed by atoms with Gasteiger partial charge >= 0.3 is 0 Å². The van der Waals surface area contributed by atoms with Crippen molar-refractivity contribution in [2.45, 2.75) is 32.4 Å². The van der Waals surface area contributed by atoms with E-state index in [1.54, 1.807) is 0 Å². The van der Waals surface area contributed by atoms with Crippen LogP contribution in [-0.2, 0) is 6.54 Å². The first kappa shape index (κ1) is 12.7. The van der Waals surface area contributed by atoms with Crippen LogP contribution in [0.2, 0.25) is 0 Å². The fourth-order valence-corrected chi connectivity index (χ4v) is 2.60. The molecule has 1 aliphatic rings. The minimum absolute atomic E-state index is 0.816. The Balaban J connectivity index is 1.46. The lowest BCUT2D eigenvalue weighted by atomic mass is 10.2. The van der Waals surface area contributed by atoms with Crippen molar-refractivity contribution in [1.82, 2.24) is 10.2 Å². The first-order chi connectivity index (χ1) is 9.36. The van der Waals surface area contributed by atoms with Crippen molar-refractivity contribution < 1.29 is 4.42 Å². The van der Waals surface area contributed by atoms with Gasteiger partial charge in [0.15, 0.2) is 0 Å². The van der Waals surface area contributed by atoms with E-state index in [0.717, 1.165) is 43.6 Å². The first-order valence-electron chi connectivity index (χ1n) is 7.29. The lowest BCUT2D eigenvalue weighted by Crippen LogP contribution is -2.33. The van der Waals surface area contributed by atoms with E-state index in [-0.39, 0.29) is 0 Å². The van der Waals surface area contributed by atoms with E-state index in [4.69, 9.17) is 4.42 Å². The highest BCUT2D eigenvalue weighted by molar-refractivity contribution is 5.77. The molecule has 0 amide bonds. The van der Waals surface area contributed by atoms with Crippen molar-refractivity contribution in [2.24, 2.45) is 0 Å². The highest BCUT2D eigenvalue weighted by Crippen LogP contribution is 2.25. The van der Waals surface area contributed by atoms with Gasteiger partial charge in [0.25, 0.3) is 0 Å². The van der Waals surface area contributed by atoms with E-state index in [1.165, 1.54) is 18.2 Å². The molecule has 0 unspecified atom stereocenters. The number of fused-ring (bicyclic) bond motifs is 1. The number of nitrogens with zero attached hydrogens (tertiary/aromatic N) is 1. The van der Waals surface area contributed by atoms with Crippen LogP contribution in [-0.4, -0.2) is 30.6 Å². The van der Waals surface area contributed by atoms with Crippen LogP contribution in [0.25, 0.3) is 11.0 Å². The van der Waals surface area contributed by atoms with Gasteiger partial charge in [0.05, 0.1) is 6.54 Å². The van der Waals surface area contributed by atoms with Gasteiger partial charge in [-0.3, -0.25) is 4.90 Å². The monoisotopic (exact) mass is 258 g/mol. The van der Waals surface area contributed by atoms with E-state index in [9.17, 15) is 0 Å². The molecule has 3 heteroatoms. The van der Waals surface area contributed by atoms with Gasteiger partial charge in [0.1, 0.15) is 11.3 Å². The summed E-state index contributed by atoms with van der Waals surface area (Å²) in [7, 11) is 0. The molecule has 1 N–H and O–H groups in total. The zero-order valence-corrected chi connectivity index (χ0v) is 11.6. The standard InChI is InChI=1S/C16H22N2O/c1-2-18(14-7-8-14)10-9-17-12-15-11-13-5-3-4-6-16(13)19-15/h3-6,11,14,17H,2,7-10,12H2,1H3. The molecule has 0 saturated heterocycles. The Morgan fingerprint density at radius 3 is 2.89 bits per heavy atom. The highest BCUT2D eigenvalue weighted by atomic mass is 16.3. The Hall–Kier alpha value is -1.32. The van der Waals surface area contributed by atoms with Gasteiger partial charge in [0, 0.05) is 24.5 Å². The number of para-hydroxylation sites is 1. The maximum Gasteiger partial charge on any atom is 0.134 e. The van der Waals surface area contributed by atoms with Gasteiger partial charge in [0.2, 0.25) is 0 Å². The van der Waals surface area contributed by atoms with E-state index >= 15 is 0 Å². The van der Waals surface area contributed by atoms with Crippen LogP contribution >= 0.6 is 0 Å². The molecule has 1 heterocycles. The highest BCUT2D eigenvalue weighted by Gasteiger charge is 2.26. The molecule has 1 aromatic heterocycles. The molecule has 3 nitrogen and oxygen atoms in total. The van der Waals surface area contributed by atoms with E-state index in [2.05, 4.69) is 29.3 Å². The topological polar surface area (TPSA) is 28.4 Å². The molecule has 1 aliphatic carbocycles. The number of furan rings is 1. The summed E-state index contributed by atoms with van der Waals surface area (Å²) in [5, 5.41) is 4.66. The van der Waals surface area contributed by atoms with Gasteiger partial charge in [-0.25, -0.2) is 0 Å². The van der Waals surface area contributed by atoms with Crippen LogP contribution in [0.15, 0.2) is 34.7 Å². The van der Waals surface area contributed by atoms with Crippen molar-refractivity contribution in [3.8, 4) is 0 Å². The molecule has 3 rings (SSSR count). The van der Waals surface area contributed by atoms with Gasteiger partial charge in [-0.1, -0.05) is 25.1 Å². The third-order valence-corrected chi connectivity index (χ3v) is 3.82. The minimum Gasteiger partial charge on any atom is -0.460 e. The molecular formula is C16H22N2O. The Morgan fingerprint density at radius 1 is 1.32 bits per heavy atom. The third-order valence-electron chi connectivity index (χ3n) is 3.82. The summed E-state index contributed by atoms with van der Waals surface area (Å²) in [4.78, 5) is 2.56. The summed E-state index contributed by atoms with van der Waals surface area (Å²) in [5.74, 6) is 1.02. The molecule has 1 saturated carbocycles. The van der Waals surface area contributed by atoms with E-state index in [1.807, 2.05) is 18.2 Å². The van der Waals surface area contributed by atoms with E-state index in [0.29, 0.717) is 0 Å². The van der Waals surface area contributed by atoms with Crippen molar-refractivity contribution in [2.75, 3.05) is 19.6 Å². The molecule has 2 aromatic rings. The smallest absolute Gasteiger partial charge is 0.134 e. The largest absolute Gasteiger partial charge is 0.460 e. The van der Waals surface area contributed by atoms with Crippen molar-refractivity contribution in [3.05, 3.63) is 36.1 Å². The molecule has 0 radical (unpaired) electrons. The predicted octanol–water partition coefficient (Wildman–Crippen LogP) is 3.01. The number of nitrogens with one attached hydrogen (secondary N) is 1. The van der Waals surface area contributed by atoms with Gasteiger partial charge in [-0.05, 0) is 31.5 Å². The molecule has 19 heavy (non-hydrogen) atoms. The van der Waals surface area contributed by atoms with Gasteiger partial charge < -0.3 is 9.73 Å².